The third kappa shape index (κ3) is 5.36. The molecule has 0 saturated heterocycles. The van der Waals surface area contributed by atoms with E-state index in [1.165, 1.54) is 42.6 Å². The minimum absolute atomic E-state index is 0.267. The fraction of sp³-hybridized carbons (Fsp3) is 0.0909. The van der Waals surface area contributed by atoms with Crippen LogP contribution < -0.4 is 10.1 Å². The Morgan fingerprint density at radius 1 is 0.857 bits per heavy atom. The van der Waals surface area contributed by atoms with Gasteiger partial charge in [-0.2, -0.15) is 0 Å². The smallest absolute Gasteiger partial charge is 0.238 e. The van der Waals surface area contributed by atoms with Crippen LogP contribution in [0.4, 0.5) is 18.9 Å². The zero-order chi connectivity index (χ0) is 29.3. The monoisotopic (exact) mass is 565 g/mol. The van der Waals surface area contributed by atoms with Crippen LogP contribution in [0.2, 0.25) is 0 Å². The molecule has 1 aliphatic carbocycles. The number of hydrogen-bond donors (Lipinski definition) is 1. The summed E-state index contributed by atoms with van der Waals surface area (Å²) in [5.41, 5.74) is 1.19. The minimum Gasteiger partial charge on any atom is -0.453 e. The fourth-order valence-electron chi connectivity index (χ4n) is 4.60. The highest BCUT2D eigenvalue weighted by molar-refractivity contribution is 6.18. The van der Waals surface area contributed by atoms with Crippen LogP contribution in [-0.4, -0.2) is 21.7 Å². The molecule has 5 aromatic rings. The second-order valence-corrected chi connectivity index (χ2v) is 9.93. The summed E-state index contributed by atoms with van der Waals surface area (Å²) >= 11 is 0. The maximum Gasteiger partial charge on any atom is 0.238 e. The van der Waals surface area contributed by atoms with Gasteiger partial charge in [0, 0.05) is 41.7 Å². The summed E-state index contributed by atoms with van der Waals surface area (Å²) < 4.78 is 49.0. The first kappa shape index (κ1) is 26.9. The first-order valence-electron chi connectivity index (χ1n) is 13.1. The van der Waals surface area contributed by atoms with Crippen LogP contribution in [0.25, 0.3) is 28.1 Å². The van der Waals surface area contributed by atoms with E-state index in [0.717, 1.165) is 23.3 Å². The van der Waals surface area contributed by atoms with Crippen LogP contribution in [0.5, 0.6) is 11.5 Å². The average molecular weight is 566 g/mol. The number of anilines is 1. The van der Waals surface area contributed by atoms with E-state index >= 15 is 8.78 Å². The van der Waals surface area contributed by atoms with Gasteiger partial charge in [0.25, 0.3) is 0 Å². The van der Waals surface area contributed by atoms with Crippen molar-refractivity contribution in [3.8, 4) is 22.6 Å². The van der Waals surface area contributed by atoms with E-state index in [1.54, 1.807) is 24.5 Å². The predicted octanol–water partition coefficient (Wildman–Crippen LogP) is 7.51. The van der Waals surface area contributed by atoms with Crippen molar-refractivity contribution >= 4 is 34.4 Å². The molecule has 0 aliphatic heterocycles. The Hall–Kier alpha value is -5.31. The molecule has 0 bridgehead atoms. The van der Waals surface area contributed by atoms with Gasteiger partial charge in [-0.3, -0.25) is 19.6 Å². The van der Waals surface area contributed by atoms with Gasteiger partial charge in [0.2, 0.25) is 5.91 Å². The number of halogens is 3. The predicted molar refractivity (Wildman–Crippen MR) is 152 cm³/mol. The Bertz CT molecular complexity index is 1850. The number of amides is 1. The molecular weight excluding hydrogens is 543 g/mol. The third-order valence-corrected chi connectivity index (χ3v) is 7.14. The van der Waals surface area contributed by atoms with Gasteiger partial charge in [0.05, 0.1) is 11.2 Å². The SMILES string of the molecule is O=C(/C=C/c1ccc(F)cc1)C1(C(=O)Nc2cc(F)c(Oc3ccnc4cc(-c5cccnc5)ccc34)cc2F)CC1. The Balaban J connectivity index is 1.18. The number of nitrogens with zero attached hydrogens (tertiary/aromatic N) is 2. The normalized spacial score (nSPS) is 13.7. The van der Waals surface area contributed by atoms with E-state index in [9.17, 15) is 14.0 Å². The highest BCUT2D eigenvalue weighted by Crippen LogP contribution is 2.48. The molecule has 2 aromatic heterocycles. The summed E-state index contributed by atoms with van der Waals surface area (Å²) in [4.78, 5) is 34.3. The van der Waals surface area contributed by atoms with E-state index in [1.807, 2.05) is 24.3 Å². The van der Waals surface area contributed by atoms with Crippen molar-refractivity contribution in [3.63, 3.8) is 0 Å². The number of ketones is 1. The van der Waals surface area contributed by atoms with Crippen molar-refractivity contribution in [3.05, 3.63) is 120 Å². The second-order valence-electron chi connectivity index (χ2n) is 9.93. The van der Waals surface area contributed by atoms with Gasteiger partial charge in [-0.15, -0.1) is 0 Å². The molecule has 3 aromatic carbocycles. The first-order valence-corrected chi connectivity index (χ1v) is 13.1. The molecule has 0 radical (unpaired) electrons. The van der Waals surface area contributed by atoms with E-state index in [0.29, 0.717) is 16.5 Å². The van der Waals surface area contributed by atoms with Gasteiger partial charge < -0.3 is 10.1 Å². The maximum absolute atomic E-state index is 15.1. The first-order chi connectivity index (χ1) is 20.3. The average Bonchev–Trinajstić information content (AvgIpc) is 3.82. The van der Waals surface area contributed by atoms with Crippen molar-refractivity contribution < 1.29 is 27.5 Å². The van der Waals surface area contributed by atoms with Gasteiger partial charge in [-0.25, -0.2) is 13.2 Å². The molecule has 1 saturated carbocycles. The van der Waals surface area contributed by atoms with Crippen molar-refractivity contribution in [2.75, 3.05) is 5.32 Å². The van der Waals surface area contributed by atoms with Crippen LogP contribution in [0.15, 0.2) is 97.5 Å². The molecule has 6 rings (SSSR count). The molecule has 1 amide bonds. The number of pyridine rings is 2. The number of carbonyl (C=O) groups is 2. The summed E-state index contributed by atoms with van der Waals surface area (Å²) in [7, 11) is 0. The van der Waals surface area contributed by atoms with E-state index in [4.69, 9.17) is 4.74 Å². The standard InChI is InChI=1S/C33H22F3N3O3/c34-23-7-3-20(4-8-23)5-10-31(40)33(12-13-33)32(41)39-28-17-26(36)30(18-25(28)35)42-29-11-15-38-27-16-21(6-9-24(27)29)22-2-1-14-37-19-22/h1-11,14-19H,12-13H2,(H,39,41)/b10-5+. The highest BCUT2D eigenvalue weighted by Gasteiger charge is 2.55. The molecule has 42 heavy (non-hydrogen) atoms. The van der Waals surface area contributed by atoms with Gasteiger partial charge >= 0.3 is 0 Å². The molecule has 6 nitrogen and oxygen atoms in total. The maximum atomic E-state index is 15.1. The Labute approximate surface area is 238 Å². The number of allylic oxidation sites excluding steroid dienone is 1. The molecule has 0 atom stereocenters. The summed E-state index contributed by atoms with van der Waals surface area (Å²) in [5, 5.41) is 2.94. The minimum atomic E-state index is -1.36. The molecule has 0 unspecified atom stereocenters. The lowest BCUT2D eigenvalue weighted by atomic mass is 9.98. The zero-order valence-corrected chi connectivity index (χ0v) is 22.0. The van der Waals surface area contributed by atoms with E-state index < -0.39 is 40.2 Å². The molecule has 1 N–H and O–H groups in total. The fourth-order valence-corrected chi connectivity index (χ4v) is 4.60. The lowest BCUT2D eigenvalue weighted by molar-refractivity contribution is -0.130. The van der Waals surface area contributed by atoms with Crippen molar-refractivity contribution in [2.24, 2.45) is 5.41 Å². The van der Waals surface area contributed by atoms with Crippen LogP contribution in [0.3, 0.4) is 0 Å². The van der Waals surface area contributed by atoms with Gasteiger partial charge in [-0.1, -0.05) is 30.3 Å². The van der Waals surface area contributed by atoms with E-state index in [-0.39, 0.29) is 24.3 Å². The molecule has 2 heterocycles. The van der Waals surface area contributed by atoms with Gasteiger partial charge in [0.15, 0.2) is 23.2 Å². The molecule has 0 spiro atoms. The zero-order valence-electron chi connectivity index (χ0n) is 22.0. The Kier molecular flexibility index (Phi) is 7.00. The number of nitrogens with one attached hydrogen (secondary N) is 1. The summed E-state index contributed by atoms with van der Waals surface area (Å²) in [6.07, 6.45) is 8.17. The third-order valence-electron chi connectivity index (χ3n) is 7.14. The number of ether oxygens (including phenoxy) is 1. The summed E-state index contributed by atoms with van der Waals surface area (Å²) in [6, 6.07) is 17.9. The largest absolute Gasteiger partial charge is 0.453 e. The highest BCUT2D eigenvalue weighted by atomic mass is 19.1. The lowest BCUT2D eigenvalue weighted by Crippen LogP contribution is -2.30. The second kappa shape index (κ2) is 10.9. The summed E-state index contributed by atoms with van der Waals surface area (Å²) in [5.74, 6) is -3.56. The lowest BCUT2D eigenvalue weighted by Gasteiger charge is -2.15. The number of carbonyl (C=O) groups excluding carboxylic acids is 2. The number of rotatable bonds is 8. The van der Waals surface area contributed by atoms with Gasteiger partial charge in [0.1, 0.15) is 17.0 Å². The number of fused-ring (bicyclic) bond motifs is 1. The molecule has 9 heteroatoms. The van der Waals surface area contributed by atoms with E-state index in [2.05, 4.69) is 15.3 Å². The topological polar surface area (TPSA) is 81.2 Å². The van der Waals surface area contributed by atoms with Crippen molar-refractivity contribution in [1.29, 1.82) is 0 Å². The number of hydrogen-bond acceptors (Lipinski definition) is 5. The molecule has 208 valence electrons. The molecule has 1 aliphatic rings. The quantitative estimate of drug-likeness (QED) is 0.156. The number of aromatic nitrogens is 2. The van der Waals surface area contributed by atoms with Crippen LogP contribution in [-0.2, 0) is 9.59 Å². The van der Waals surface area contributed by atoms with Crippen molar-refractivity contribution in [2.45, 2.75) is 12.8 Å². The molecule has 1 fully saturated rings. The summed E-state index contributed by atoms with van der Waals surface area (Å²) in [6.45, 7) is 0. The number of benzene rings is 3. The van der Waals surface area contributed by atoms with Crippen LogP contribution >= 0.6 is 0 Å². The molecular formula is C33H22F3N3O3. The van der Waals surface area contributed by atoms with Crippen molar-refractivity contribution in [1.82, 2.24) is 9.97 Å². The Morgan fingerprint density at radius 3 is 2.40 bits per heavy atom. The van der Waals surface area contributed by atoms with Gasteiger partial charge in [-0.05, 0) is 66.4 Å². The van der Waals surface area contributed by atoms with Crippen LogP contribution in [0, 0.1) is 22.9 Å². The van der Waals surface area contributed by atoms with Crippen LogP contribution in [0.1, 0.15) is 18.4 Å². The Morgan fingerprint density at radius 2 is 1.67 bits per heavy atom.